The summed E-state index contributed by atoms with van der Waals surface area (Å²) in [6.45, 7) is 1.65. The van der Waals surface area contributed by atoms with E-state index in [0.717, 1.165) is 32.0 Å². The van der Waals surface area contributed by atoms with Gasteiger partial charge in [-0.25, -0.2) is 0 Å². The van der Waals surface area contributed by atoms with Crippen LogP contribution < -0.4 is 5.32 Å². The third kappa shape index (κ3) is 3.13. The molecule has 94 valence electrons. The van der Waals surface area contributed by atoms with E-state index in [-0.39, 0.29) is 10.9 Å². The smallest absolute Gasteiger partial charge is 0.316 e. The van der Waals surface area contributed by atoms with Gasteiger partial charge in [0.15, 0.2) is 0 Å². The van der Waals surface area contributed by atoms with E-state index in [9.17, 15) is 13.2 Å². The van der Waals surface area contributed by atoms with Gasteiger partial charge in [0, 0.05) is 11.6 Å². The molecule has 1 aromatic rings. The lowest BCUT2D eigenvalue weighted by Crippen LogP contribution is -2.28. The van der Waals surface area contributed by atoms with Crippen molar-refractivity contribution in [2.75, 3.05) is 13.1 Å². The van der Waals surface area contributed by atoms with Crippen molar-refractivity contribution in [3.63, 3.8) is 0 Å². The maximum atomic E-state index is 12.6. The van der Waals surface area contributed by atoms with Gasteiger partial charge in [-0.3, -0.25) is 0 Å². The van der Waals surface area contributed by atoms with Crippen LogP contribution in [-0.4, -0.2) is 13.1 Å². The van der Waals surface area contributed by atoms with Gasteiger partial charge in [-0.05, 0) is 49.1 Å². The topological polar surface area (TPSA) is 12.0 Å². The Balaban J connectivity index is 2.31. The van der Waals surface area contributed by atoms with Gasteiger partial charge in [-0.2, -0.15) is 13.2 Å². The average Bonchev–Trinajstić information content (AvgIpc) is 2.28. The van der Waals surface area contributed by atoms with Crippen molar-refractivity contribution in [1.29, 1.82) is 0 Å². The molecule has 0 bridgehead atoms. The predicted molar refractivity (Wildman–Crippen MR) is 61.3 cm³/mol. The van der Waals surface area contributed by atoms with Crippen molar-refractivity contribution in [3.8, 4) is 0 Å². The average molecular weight is 264 g/mol. The summed E-state index contributed by atoms with van der Waals surface area (Å²) in [5.41, 5.74) is 0.0163. The highest BCUT2D eigenvalue weighted by molar-refractivity contribution is 6.30. The summed E-state index contributed by atoms with van der Waals surface area (Å²) < 4.78 is 37.9. The minimum atomic E-state index is -4.33. The van der Waals surface area contributed by atoms with Crippen LogP contribution in [0.3, 0.4) is 0 Å². The number of halogens is 4. The van der Waals surface area contributed by atoms with E-state index in [2.05, 4.69) is 5.32 Å². The number of nitrogens with one attached hydrogen (secondary N) is 1. The monoisotopic (exact) mass is 263 g/mol. The summed E-state index contributed by atoms with van der Waals surface area (Å²) >= 11 is 5.75. The second kappa shape index (κ2) is 4.86. The first-order valence-electron chi connectivity index (χ1n) is 5.55. The number of hydrogen-bond donors (Lipinski definition) is 1. The first-order chi connectivity index (χ1) is 7.97. The lowest BCUT2D eigenvalue weighted by atomic mass is 9.90. The third-order valence-corrected chi connectivity index (χ3v) is 3.23. The minimum Gasteiger partial charge on any atom is -0.316 e. The SMILES string of the molecule is FC(F)(F)c1cc(Cl)cc(C2CCCNC2)c1. The summed E-state index contributed by atoms with van der Waals surface area (Å²) in [5.74, 6) is 0.128. The van der Waals surface area contributed by atoms with Crippen LogP contribution in [0, 0.1) is 0 Å². The van der Waals surface area contributed by atoms with Crippen LogP contribution in [0.25, 0.3) is 0 Å². The highest BCUT2D eigenvalue weighted by atomic mass is 35.5. The lowest BCUT2D eigenvalue weighted by molar-refractivity contribution is -0.137. The largest absolute Gasteiger partial charge is 0.416 e. The zero-order chi connectivity index (χ0) is 12.5. The lowest BCUT2D eigenvalue weighted by Gasteiger charge is -2.24. The normalized spacial score (nSPS) is 21.5. The second-order valence-corrected chi connectivity index (χ2v) is 4.75. The minimum absolute atomic E-state index is 0.128. The van der Waals surface area contributed by atoms with Crippen LogP contribution in [-0.2, 0) is 6.18 Å². The highest BCUT2D eigenvalue weighted by Crippen LogP contribution is 2.34. The molecule has 1 heterocycles. The van der Waals surface area contributed by atoms with Crippen LogP contribution in [0.2, 0.25) is 5.02 Å². The fourth-order valence-corrected chi connectivity index (χ4v) is 2.39. The Labute approximate surface area is 103 Å². The number of hydrogen-bond acceptors (Lipinski definition) is 1. The first-order valence-corrected chi connectivity index (χ1v) is 5.93. The molecule has 1 N–H and O–H groups in total. The molecule has 0 spiro atoms. The van der Waals surface area contributed by atoms with E-state index in [4.69, 9.17) is 11.6 Å². The van der Waals surface area contributed by atoms with Crippen molar-refractivity contribution in [2.24, 2.45) is 0 Å². The molecule has 0 amide bonds. The van der Waals surface area contributed by atoms with E-state index in [1.807, 2.05) is 0 Å². The van der Waals surface area contributed by atoms with Crippen LogP contribution >= 0.6 is 11.6 Å². The molecule has 1 aromatic carbocycles. The molecule has 0 aliphatic carbocycles. The molecule has 1 aliphatic rings. The summed E-state index contributed by atoms with van der Waals surface area (Å²) in [6, 6.07) is 3.82. The number of benzene rings is 1. The molecule has 1 nitrogen and oxygen atoms in total. The summed E-state index contributed by atoms with van der Waals surface area (Å²) in [6.07, 6.45) is -2.44. The highest BCUT2D eigenvalue weighted by Gasteiger charge is 2.31. The number of alkyl halides is 3. The molecule has 5 heteroatoms. The third-order valence-electron chi connectivity index (χ3n) is 3.02. The molecule has 0 aromatic heterocycles. The van der Waals surface area contributed by atoms with Gasteiger partial charge in [-0.15, -0.1) is 0 Å². The van der Waals surface area contributed by atoms with E-state index < -0.39 is 11.7 Å². The summed E-state index contributed by atoms with van der Waals surface area (Å²) in [7, 11) is 0. The Morgan fingerprint density at radius 3 is 2.59 bits per heavy atom. The Kier molecular flexibility index (Phi) is 3.64. The fraction of sp³-hybridized carbons (Fsp3) is 0.500. The maximum Gasteiger partial charge on any atom is 0.416 e. The zero-order valence-electron chi connectivity index (χ0n) is 9.15. The van der Waals surface area contributed by atoms with E-state index in [1.165, 1.54) is 6.07 Å². The van der Waals surface area contributed by atoms with Gasteiger partial charge in [0.2, 0.25) is 0 Å². The number of rotatable bonds is 1. The van der Waals surface area contributed by atoms with E-state index >= 15 is 0 Å². The van der Waals surface area contributed by atoms with Gasteiger partial charge in [-0.1, -0.05) is 11.6 Å². The molecule has 1 unspecified atom stereocenters. The molecule has 1 aliphatic heterocycles. The zero-order valence-corrected chi connectivity index (χ0v) is 9.91. The van der Waals surface area contributed by atoms with Crippen molar-refractivity contribution in [3.05, 3.63) is 34.3 Å². The quantitative estimate of drug-likeness (QED) is 0.812. The van der Waals surface area contributed by atoms with Crippen molar-refractivity contribution in [2.45, 2.75) is 24.9 Å². The van der Waals surface area contributed by atoms with Crippen molar-refractivity contribution in [1.82, 2.24) is 5.32 Å². The molecule has 2 rings (SSSR count). The molecule has 0 radical (unpaired) electrons. The van der Waals surface area contributed by atoms with Gasteiger partial charge >= 0.3 is 6.18 Å². The van der Waals surface area contributed by atoms with Crippen LogP contribution in [0.4, 0.5) is 13.2 Å². The summed E-state index contributed by atoms with van der Waals surface area (Å²) in [5, 5.41) is 3.34. The van der Waals surface area contributed by atoms with Crippen LogP contribution in [0.15, 0.2) is 18.2 Å². The second-order valence-electron chi connectivity index (χ2n) is 4.31. The Morgan fingerprint density at radius 1 is 1.24 bits per heavy atom. The Hall–Kier alpha value is -0.740. The fourth-order valence-electron chi connectivity index (χ4n) is 2.15. The molecule has 17 heavy (non-hydrogen) atoms. The van der Waals surface area contributed by atoms with E-state index in [0.29, 0.717) is 5.56 Å². The molecule has 1 atom stereocenters. The van der Waals surface area contributed by atoms with E-state index in [1.54, 1.807) is 6.07 Å². The van der Waals surface area contributed by atoms with Gasteiger partial charge in [0.1, 0.15) is 0 Å². The molecular weight excluding hydrogens is 251 g/mol. The Morgan fingerprint density at radius 2 is 2.00 bits per heavy atom. The molecule has 0 saturated carbocycles. The van der Waals surface area contributed by atoms with Crippen LogP contribution in [0.1, 0.15) is 29.9 Å². The molecular formula is C12H13ClF3N. The molecule has 1 fully saturated rings. The van der Waals surface area contributed by atoms with Gasteiger partial charge < -0.3 is 5.32 Å². The molecule has 1 saturated heterocycles. The predicted octanol–water partition coefficient (Wildman–Crippen LogP) is 3.83. The van der Waals surface area contributed by atoms with Gasteiger partial charge in [0.25, 0.3) is 0 Å². The standard InChI is InChI=1S/C12H13ClF3N/c13-11-5-9(8-2-1-3-17-7-8)4-10(6-11)12(14,15)16/h4-6,8,17H,1-3,7H2. The maximum absolute atomic E-state index is 12.6. The summed E-state index contributed by atoms with van der Waals surface area (Å²) in [4.78, 5) is 0. The number of piperidine rings is 1. The first kappa shape index (κ1) is 12.7. The van der Waals surface area contributed by atoms with Crippen LogP contribution in [0.5, 0.6) is 0 Å². The van der Waals surface area contributed by atoms with Crippen molar-refractivity contribution >= 4 is 11.6 Å². The van der Waals surface area contributed by atoms with Gasteiger partial charge in [0.05, 0.1) is 5.56 Å². The Bertz CT molecular complexity index is 397. The van der Waals surface area contributed by atoms with Crippen molar-refractivity contribution < 1.29 is 13.2 Å².